The van der Waals surface area contributed by atoms with Crippen LogP contribution in [0.1, 0.15) is 22.3 Å². The second-order valence-electron chi connectivity index (χ2n) is 8.89. The van der Waals surface area contributed by atoms with E-state index in [-0.39, 0.29) is 36.2 Å². The van der Waals surface area contributed by atoms with Crippen molar-refractivity contribution in [3.63, 3.8) is 0 Å². The number of hydrogen-bond donors (Lipinski definition) is 0. The van der Waals surface area contributed by atoms with Crippen LogP contribution in [0.4, 0.5) is 0 Å². The van der Waals surface area contributed by atoms with E-state index in [2.05, 4.69) is 4.98 Å². The van der Waals surface area contributed by atoms with Crippen LogP contribution >= 0.6 is 24.0 Å². The normalized spacial score (nSPS) is 15.6. The highest BCUT2D eigenvalue weighted by molar-refractivity contribution is 8.26. The van der Waals surface area contributed by atoms with E-state index in [4.69, 9.17) is 26.4 Å². The first-order valence-electron chi connectivity index (χ1n) is 11.8. The summed E-state index contributed by atoms with van der Waals surface area (Å²) in [6.45, 7) is 4.26. The lowest BCUT2D eigenvalue weighted by atomic mass is 10.2. The monoisotopic (exact) mass is 543 g/mol. The average Bonchev–Trinajstić information content (AvgIpc) is 3.46. The van der Waals surface area contributed by atoms with Crippen molar-refractivity contribution in [1.29, 1.82) is 0 Å². The number of amides is 1. The fourth-order valence-electron chi connectivity index (χ4n) is 4.27. The molecule has 1 fully saturated rings. The Kier molecular flexibility index (Phi) is 6.13. The molecule has 1 saturated heterocycles. The van der Waals surface area contributed by atoms with Crippen LogP contribution in [0.5, 0.6) is 23.1 Å². The SMILES string of the molecule is Cc1cccc(Oc2nc3c(C)cccn3c(=O)c2/C=C2/SC(=S)N(Cc3ccc4c(c3)OCO4)C2=O)c1. The first-order chi connectivity index (χ1) is 18.4. The first-order valence-corrected chi connectivity index (χ1v) is 13.0. The molecular formula is C28H21N3O5S2. The quantitative estimate of drug-likeness (QED) is 0.250. The molecule has 0 atom stereocenters. The molecule has 8 nitrogen and oxygen atoms in total. The molecule has 4 aromatic rings. The van der Waals surface area contributed by atoms with Gasteiger partial charge in [-0.2, -0.15) is 4.98 Å². The maximum atomic E-state index is 13.6. The number of fused-ring (bicyclic) bond motifs is 2. The summed E-state index contributed by atoms with van der Waals surface area (Å²) < 4.78 is 18.8. The molecule has 2 aliphatic heterocycles. The molecule has 0 saturated carbocycles. The lowest BCUT2D eigenvalue weighted by molar-refractivity contribution is -0.122. The molecule has 6 rings (SSSR count). The predicted octanol–water partition coefficient (Wildman–Crippen LogP) is 5.23. The van der Waals surface area contributed by atoms with Crippen molar-refractivity contribution in [2.75, 3.05) is 6.79 Å². The van der Waals surface area contributed by atoms with Crippen LogP contribution < -0.4 is 19.8 Å². The molecule has 0 spiro atoms. The average molecular weight is 544 g/mol. The highest BCUT2D eigenvalue weighted by Crippen LogP contribution is 2.37. The van der Waals surface area contributed by atoms with Crippen LogP contribution in [0.15, 0.2) is 70.5 Å². The zero-order chi connectivity index (χ0) is 26.4. The fourth-order valence-corrected chi connectivity index (χ4v) is 5.51. The van der Waals surface area contributed by atoms with Crippen LogP contribution in [-0.2, 0) is 11.3 Å². The second kappa shape index (κ2) is 9.62. The minimum absolute atomic E-state index is 0.121. The molecule has 0 radical (unpaired) electrons. The number of aryl methyl sites for hydroxylation is 2. The molecule has 190 valence electrons. The van der Waals surface area contributed by atoms with Gasteiger partial charge in [-0.05, 0) is 66.9 Å². The molecule has 10 heteroatoms. The molecule has 2 aromatic carbocycles. The number of carbonyl (C=O) groups excluding carboxylic acids is 1. The number of nitrogens with zero attached hydrogens (tertiary/aromatic N) is 3. The van der Waals surface area contributed by atoms with E-state index in [9.17, 15) is 9.59 Å². The number of ether oxygens (including phenoxy) is 3. The van der Waals surface area contributed by atoms with Gasteiger partial charge in [0, 0.05) is 6.20 Å². The number of thiocarbonyl (C=S) groups is 1. The zero-order valence-electron chi connectivity index (χ0n) is 20.5. The third-order valence-corrected chi connectivity index (χ3v) is 7.56. The van der Waals surface area contributed by atoms with Gasteiger partial charge in [0.05, 0.1) is 11.4 Å². The molecule has 4 heterocycles. The van der Waals surface area contributed by atoms with Gasteiger partial charge in [0.1, 0.15) is 21.3 Å². The van der Waals surface area contributed by atoms with Crippen molar-refractivity contribution in [3.05, 3.63) is 98.3 Å². The third kappa shape index (κ3) is 4.42. The number of thioether (sulfide) groups is 1. The van der Waals surface area contributed by atoms with Gasteiger partial charge in [-0.3, -0.25) is 18.9 Å². The largest absolute Gasteiger partial charge is 0.454 e. The number of carbonyl (C=O) groups is 1. The van der Waals surface area contributed by atoms with Gasteiger partial charge < -0.3 is 14.2 Å². The van der Waals surface area contributed by atoms with Crippen molar-refractivity contribution >= 4 is 45.9 Å². The van der Waals surface area contributed by atoms with E-state index in [1.165, 1.54) is 15.4 Å². The minimum atomic E-state index is -0.345. The van der Waals surface area contributed by atoms with Crippen LogP contribution in [0.3, 0.4) is 0 Å². The number of benzene rings is 2. The van der Waals surface area contributed by atoms with Crippen molar-refractivity contribution < 1.29 is 19.0 Å². The number of rotatable bonds is 5. The standard InChI is InChI=1S/C28H21N3O5S2/c1-16-5-3-7-19(11-16)36-25-20(26(32)30-10-4-6-17(2)24(30)29-25)13-23-27(33)31(28(37)38-23)14-18-8-9-21-22(12-18)35-15-34-21/h3-13H,14-15H2,1-2H3/b23-13+. The number of pyridine rings is 1. The minimum Gasteiger partial charge on any atom is -0.454 e. The summed E-state index contributed by atoms with van der Waals surface area (Å²) in [7, 11) is 0. The molecule has 0 aliphatic carbocycles. The van der Waals surface area contributed by atoms with Crippen LogP contribution in [-0.4, -0.2) is 31.3 Å². The lowest BCUT2D eigenvalue weighted by Gasteiger charge is -2.15. The summed E-state index contributed by atoms with van der Waals surface area (Å²) in [5, 5.41) is 0. The maximum absolute atomic E-state index is 13.6. The zero-order valence-corrected chi connectivity index (χ0v) is 22.1. The summed E-state index contributed by atoms with van der Waals surface area (Å²) >= 11 is 6.67. The highest BCUT2D eigenvalue weighted by atomic mass is 32.2. The molecule has 2 aromatic heterocycles. The fraction of sp³-hybridized carbons (Fsp3) is 0.143. The van der Waals surface area contributed by atoms with Gasteiger partial charge in [-0.1, -0.05) is 48.2 Å². The first kappa shape index (κ1) is 24.2. The summed E-state index contributed by atoms with van der Waals surface area (Å²) in [6, 6.07) is 16.6. The Morgan fingerprint density at radius 1 is 1.08 bits per heavy atom. The van der Waals surface area contributed by atoms with E-state index in [1.807, 2.05) is 56.3 Å². The topological polar surface area (TPSA) is 82.4 Å². The van der Waals surface area contributed by atoms with E-state index < -0.39 is 0 Å². The lowest BCUT2D eigenvalue weighted by Crippen LogP contribution is -2.27. The number of aromatic nitrogens is 2. The van der Waals surface area contributed by atoms with Crippen molar-refractivity contribution in [1.82, 2.24) is 14.3 Å². The van der Waals surface area contributed by atoms with Gasteiger partial charge >= 0.3 is 0 Å². The highest BCUT2D eigenvalue weighted by Gasteiger charge is 2.33. The Balaban J connectivity index is 1.39. The summed E-state index contributed by atoms with van der Waals surface area (Å²) in [5.41, 5.74) is 2.97. The van der Waals surface area contributed by atoms with Crippen molar-refractivity contribution in [3.8, 4) is 23.1 Å². The van der Waals surface area contributed by atoms with Gasteiger partial charge in [0.25, 0.3) is 11.5 Å². The summed E-state index contributed by atoms with van der Waals surface area (Å²) in [4.78, 5) is 33.5. The Morgan fingerprint density at radius 3 is 2.76 bits per heavy atom. The molecule has 0 bridgehead atoms. The molecule has 2 aliphatic rings. The molecule has 0 unspecified atom stereocenters. The molecule has 1 amide bonds. The third-order valence-electron chi connectivity index (χ3n) is 6.18. The number of hydrogen-bond acceptors (Lipinski definition) is 8. The predicted molar refractivity (Wildman–Crippen MR) is 149 cm³/mol. The van der Waals surface area contributed by atoms with Crippen molar-refractivity contribution in [2.24, 2.45) is 0 Å². The van der Waals surface area contributed by atoms with E-state index in [0.29, 0.717) is 32.1 Å². The van der Waals surface area contributed by atoms with Gasteiger partial charge in [0.2, 0.25) is 12.7 Å². The van der Waals surface area contributed by atoms with Gasteiger partial charge in [-0.15, -0.1) is 0 Å². The smallest absolute Gasteiger partial charge is 0.269 e. The second-order valence-corrected chi connectivity index (χ2v) is 10.6. The van der Waals surface area contributed by atoms with Crippen LogP contribution in [0.2, 0.25) is 0 Å². The Hall–Kier alpha value is -4.15. The van der Waals surface area contributed by atoms with E-state index >= 15 is 0 Å². The van der Waals surface area contributed by atoms with Crippen molar-refractivity contribution in [2.45, 2.75) is 20.4 Å². The van der Waals surface area contributed by atoms with E-state index in [1.54, 1.807) is 18.3 Å². The summed E-state index contributed by atoms with van der Waals surface area (Å²) in [5.74, 6) is 1.66. The van der Waals surface area contributed by atoms with E-state index in [0.717, 1.165) is 28.5 Å². The molecule has 0 N–H and O–H groups in total. The Bertz CT molecular complexity index is 1730. The molecular weight excluding hydrogens is 522 g/mol. The Morgan fingerprint density at radius 2 is 1.92 bits per heavy atom. The van der Waals surface area contributed by atoms with Gasteiger partial charge in [0.15, 0.2) is 11.5 Å². The van der Waals surface area contributed by atoms with Crippen LogP contribution in [0.25, 0.3) is 11.7 Å². The molecule has 38 heavy (non-hydrogen) atoms. The summed E-state index contributed by atoms with van der Waals surface area (Å²) in [6.07, 6.45) is 3.17. The Labute approximate surface area is 227 Å². The maximum Gasteiger partial charge on any atom is 0.269 e. The van der Waals surface area contributed by atoms with Gasteiger partial charge in [-0.25, -0.2) is 0 Å². The van der Waals surface area contributed by atoms with Crippen LogP contribution in [0, 0.1) is 13.8 Å².